The van der Waals surface area contributed by atoms with Crippen molar-refractivity contribution in [2.45, 2.75) is 10.7 Å². The first-order chi connectivity index (χ1) is 9.20. The fourth-order valence-electron chi connectivity index (χ4n) is 1.76. The number of carbonyl (C=O) groups excluding carboxylic acids is 2. The van der Waals surface area contributed by atoms with E-state index in [0.29, 0.717) is 11.3 Å². The Balaban J connectivity index is 2.37. The number of halogens is 3. The van der Waals surface area contributed by atoms with Crippen LogP contribution in [0.4, 0.5) is 0 Å². The molecule has 2 aromatic heterocycles. The molecule has 106 valence electrons. The lowest BCUT2D eigenvalue weighted by Gasteiger charge is -2.09. The van der Waals surface area contributed by atoms with Gasteiger partial charge in [0.25, 0.3) is 3.79 Å². The van der Waals surface area contributed by atoms with Gasteiger partial charge in [0.05, 0.1) is 5.69 Å². The van der Waals surface area contributed by atoms with Crippen LogP contribution in [-0.2, 0) is 7.05 Å². The van der Waals surface area contributed by atoms with Crippen molar-refractivity contribution >= 4 is 46.4 Å². The first kappa shape index (κ1) is 15.2. The molecule has 0 saturated heterocycles. The third-order valence-corrected chi connectivity index (χ3v) is 3.24. The summed E-state index contributed by atoms with van der Waals surface area (Å²) in [7, 11) is 1.59. The van der Waals surface area contributed by atoms with E-state index in [1.807, 2.05) is 0 Å². The second-order valence-corrected chi connectivity index (χ2v) is 6.57. The maximum atomic E-state index is 12.2. The molecule has 0 N–H and O–H groups in total. The zero-order valence-electron chi connectivity index (χ0n) is 10.6. The Hall–Kier alpha value is -1.23. The maximum Gasteiger partial charge on any atom is 0.255 e. The van der Waals surface area contributed by atoms with Gasteiger partial charge < -0.3 is 8.98 Å². The van der Waals surface area contributed by atoms with Gasteiger partial charge in [-0.25, -0.2) is 0 Å². The van der Waals surface area contributed by atoms with E-state index in [-0.39, 0.29) is 17.2 Å². The van der Waals surface area contributed by atoms with E-state index in [9.17, 15) is 9.59 Å². The van der Waals surface area contributed by atoms with Gasteiger partial charge in [-0.15, -0.1) is 0 Å². The van der Waals surface area contributed by atoms with Crippen molar-refractivity contribution in [1.82, 2.24) is 4.57 Å². The van der Waals surface area contributed by atoms with E-state index in [1.54, 1.807) is 26.1 Å². The Labute approximate surface area is 130 Å². The molecular formula is C13H10Cl3NO3. The van der Waals surface area contributed by atoms with Crippen LogP contribution in [-0.4, -0.2) is 19.9 Å². The smallest absolute Gasteiger partial charge is 0.255 e. The van der Waals surface area contributed by atoms with Gasteiger partial charge in [0, 0.05) is 18.8 Å². The standard InChI is InChI=1S/C13H10Cl3NO3/c1-7-3-4-10(20-7)11(18)8-5-9(17(2)6-8)12(19)13(14,15)16/h3-6H,1-2H3. The average Bonchev–Trinajstić information content (AvgIpc) is 2.92. The Bertz CT molecular complexity index is 679. The molecule has 7 heteroatoms. The van der Waals surface area contributed by atoms with Crippen molar-refractivity contribution in [3.63, 3.8) is 0 Å². The number of Topliss-reactive ketones (excluding diaryl/α,β-unsaturated/α-hetero) is 1. The third-order valence-electron chi connectivity index (χ3n) is 2.72. The number of carbonyl (C=O) groups is 2. The Morgan fingerprint density at radius 3 is 2.40 bits per heavy atom. The van der Waals surface area contributed by atoms with Crippen molar-refractivity contribution in [2.24, 2.45) is 7.05 Å². The van der Waals surface area contributed by atoms with Gasteiger partial charge in [-0.3, -0.25) is 9.59 Å². The molecule has 2 heterocycles. The molecule has 0 fully saturated rings. The van der Waals surface area contributed by atoms with E-state index >= 15 is 0 Å². The topological polar surface area (TPSA) is 52.2 Å². The number of hydrogen-bond acceptors (Lipinski definition) is 3. The second-order valence-electron chi connectivity index (χ2n) is 4.29. The highest BCUT2D eigenvalue weighted by Gasteiger charge is 2.34. The Morgan fingerprint density at radius 2 is 1.90 bits per heavy atom. The summed E-state index contributed by atoms with van der Waals surface area (Å²) in [5, 5.41) is 0. The van der Waals surface area contributed by atoms with Crippen LogP contribution in [0.25, 0.3) is 0 Å². The van der Waals surface area contributed by atoms with Gasteiger partial charge in [0.15, 0.2) is 5.76 Å². The van der Waals surface area contributed by atoms with Crippen LogP contribution in [0.15, 0.2) is 28.8 Å². The van der Waals surface area contributed by atoms with E-state index in [1.165, 1.54) is 16.8 Å². The molecule has 2 rings (SSSR count). The number of ketones is 2. The van der Waals surface area contributed by atoms with Crippen LogP contribution < -0.4 is 0 Å². The monoisotopic (exact) mass is 333 g/mol. The lowest BCUT2D eigenvalue weighted by Crippen LogP contribution is -2.21. The highest BCUT2D eigenvalue weighted by atomic mass is 35.6. The number of furan rings is 1. The van der Waals surface area contributed by atoms with Gasteiger partial charge in [-0.2, -0.15) is 0 Å². The first-order valence-electron chi connectivity index (χ1n) is 5.59. The summed E-state index contributed by atoms with van der Waals surface area (Å²) in [4.78, 5) is 24.1. The molecule has 0 radical (unpaired) electrons. The molecule has 20 heavy (non-hydrogen) atoms. The maximum absolute atomic E-state index is 12.2. The van der Waals surface area contributed by atoms with Gasteiger partial charge in [-0.05, 0) is 25.1 Å². The van der Waals surface area contributed by atoms with Crippen LogP contribution in [0, 0.1) is 6.92 Å². The van der Waals surface area contributed by atoms with E-state index in [0.717, 1.165) is 0 Å². The summed E-state index contributed by atoms with van der Waals surface area (Å²) < 4.78 is 4.63. The van der Waals surface area contributed by atoms with Crippen LogP contribution in [0.1, 0.15) is 32.4 Å². The van der Waals surface area contributed by atoms with Crippen LogP contribution >= 0.6 is 34.8 Å². The molecular weight excluding hydrogens is 325 g/mol. The summed E-state index contributed by atoms with van der Waals surface area (Å²) in [6.07, 6.45) is 1.49. The highest BCUT2D eigenvalue weighted by Crippen LogP contribution is 2.31. The molecule has 0 aromatic carbocycles. The lowest BCUT2D eigenvalue weighted by atomic mass is 10.1. The molecule has 0 atom stereocenters. The van der Waals surface area contributed by atoms with E-state index in [2.05, 4.69) is 0 Å². The van der Waals surface area contributed by atoms with Crippen LogP contribution in [0.2, 0.25) is 0 Å². The number of aromatic nitrogens is 1. The second kappa shape index (κ2) is 5.28. The molecule has 0 saturated carbocycles. The van der Waals surface area contributed by atoms with Crippen molar-refractivity contribution < 1.29 is 14.0 Å². The lowest BCUT2D eigenvalue weighted by molar-refractivity contribution is 0.0988. The number of alkyl halides is 3. The fourth-order valence-corrected chi connectivity index (χ4v) is 2.05. The fraction of sp³-hybridized carbons (Fsp3) is 0.231. The summed E-state index contributed by atoms with van der Waals surface area (Å²) in [6, 6.07) is 4.63. The minimum absolute atomic E-state index is 0.136. The van der Waals surface area contributed by atoms with E-state index in [4.69, 9.17) is 39.2 Å². The average molecular weight is 335 g/mol. The minimum atomic E-state index is -2.06. The summed E-state index contributed by atoms with van der Waals surface area (Å²) >= 11 is 16.7. The molecule has 0 aliphatic rings. The molecule has 0 aliphatic heterocycles. The van der Waals surface area contributed by atoms with Gasteiger partial charge in [0.1, 0.15) is 5.76 Å². The SMILES string of the molecule is Cc1ccc(C(=O)c2cc(C(=O)C(Cl)(Cl)Cl)n(C)c2)o1. The Morgan fingerprint density at radius 1 is 1.25 bits per heavy atom. The largest absolute Gasteiger partial charge is 0.458 e. The van der Waals surface area contributed by atoms with Crippen LogP contribution in [0.3, 0.4) is 0 Å². The van der Waals surface area contributed by atoms with Crippen LogP contribution in [0.5, 0.6) is 0 Å². The van der Waals surface area contributed by atoms with Gasteiger partial charge in [-0.1, -0.05) is 34.8 Å². The Kier molecular flexibility index (Phi) is 4.00. The predicted molar refractivity (Wildman–Crippen MR) is 76.9 cm³/mol. The molecule has 0 spiro atoms. The summed E-state index contributed by atoms with van der Waals surface area (Å²) in [5.41, 5.74) is 0.427. The summed E-state index contributed by atoms with van der Waals surface area (Å²) in [5.74, 6) is -0.209. The third kappa shape index (κ3) is 2.92. The highest BCUT2D eigenvalue weighted by molar-refractivity contribution is 6.77. The normalized spacial score (nSPS) is 11.7. The zero-order chi connectivity index (χ0) is 15.1. The zero-order valence-corrected chi connectivity index (χ0v) is 12.9. The van der Waals surface area contributed by atoms with Gasteiger partial charge >= 0.3 is 0 Å². The summed E-state index contributed by atoms with van der Waals surface area (Å²) in [6.45, 7) is 1.74. The number of rotatable bonds is 3. The number of nitrogens with zero attached hydrogens (tertiary/aromatic N) is 1. The minimum Gasteiger partial charge on any atom is -0.458 e. The molecule has 0 amide bonds. The molecule has 0 unspecified atom stereocenters. The van der Waals surface area contributed by atoms with Gasteiger partial charge in [0.2, 0.25) is 11.6 Å². The number of aryl methyl sites for hydroxylation is 2. The quantitative estimate of drug-likeness (QED) is 0.635. The molecule has 0 bridgehead atoms. The van der Waals surface area contributed by atoms with Crippen molar-refractivity contribution in [2.75, 3.05) is 0 Å². The predicted octanol–water partition coefficient (Wildman–Crippen LogP) is 3.71. The number of hydrogen-bond donors (Lipinski definition) is 0. The molecule has 0 aliphatic carbocycles. The van der Waals surface area contributed by atoms with Crippen molar-refractivity contribution in [1.29, 1.82) is 0 Å². The molecule has 4 nitrogen and oxygen atoms in total. The molecule has 2 aromatic rings. The van der Waals surface area contributed by atoms with Crippen molar-refractivity contribution in [3.05, 3.63) is 47.2 Å². The van der Waals surface area contributed by atoms with Crippen molar-refractivity contribution in [3.8, 4) is 0 Å². The first-order valence-corrected chi connectivity index (χ1v) is 6.72. The van der Waals surface area contributed by atoms with E-state index < -0.39 is 9.58 Å².